The second-order valence-corrected chi connectivity index (χ2v) is 6.03. The first kappa shape index (κ1) is 17.0. The molecule has 1 unspecified atom stereocenters. The molecule has 1 aliphatic rings. The number of nitrogens with one attached hydrogen (secondary N) is 2. The zero-order chi connectivity index (χ0) is 17.8. The number of nitrogens with two attached hydrogens (primary N) is 1. The molecular formula is C17H22N6O2. The molecule has 0 radical (unpaired) electrons. The Hall–Kier alpha value is -2.87. The fourth-order valence-corrected chi connectivity index (χ4v) is 3.00. The Morgan fingerprint density at radius 3 is 2.76 bits per heavy atom. The van der Waals surface area contributed by atoms with E-state index in [-0.39, 0.29) is 11.9 Å². The van der Waals surface area contributed by atoms with E-state index in [1.807, 2.05) is 34.8 Å². The Balaban J connectivity index is 1.76. The van der Waals surface area contributed by atoms with E-state index in [2.05, 4.69) is 15.6 Å². The van der Waals surface area contributed by atoms with Gasteiger partial charge in [0, 0.05) is 51.2 Å². The summed E-state index contributed by atoms with van der Waals surface area (Å²) in [6.45, 7) is 2.40. The predicted octanol–water partition coefficient (Wildman–Crippen LogP) is 0.375. The van der Waals surface area contributed by atoms with Crippen LogP contribution in [0.2, 0.25) is 0 Å². The molecule has 4 N–H and O–H groups in total. The van der Waals surface area contributed by atoms with Crippen LogP contribution in [0, 0.1) is 0 Å². The Morgan fingerprint density at radius 1 is 1.36 bits per heavy atom. The predicted molar refractivity (Wildman–Crippen MR) is 92.7 cm³/mol. The third-order valence-electron chi connectivity index (χ3n) is 4.33. The fourth-order valence-electron chi connectivity index (χ4n) is 3.00. The molecule has 25 heavy (non-hydrogen) atoms. The van der Waals surface area contributed by atoms with Gasteiger partial charge in [-0.25, -0.2) is 9.78 Å². The average molecular weight is 342 g/mol. The van der Waals surface area contributed by atoms with E-state index in [1.54, 1.807) is 18.3 Å². The number of imidazole rings is 1. The third kappa shape index (κ3) is 3.80. The van der Waals surface area contributed by atoms with E-state index in [0.717, 1.165) is 17.9 Å². The van der Waals surface area contributed by atoms with Crippen molar-refractivity contribution in [2.45, 2.75) is 12.6 Å². The number of aryl methyl sites for hydroxylation is 1. The SMILES string of the molecule is Cn1ccnc1C1CNCCN1C(=O)c1ccc(CNC(N)=O)cc1. The minimum absolute atomic E-state index is 0.0242. The van der Waals surface area contributed by atoms with Gasteiger partial charge in [-0.05, 0) is 17.7 Å². The highest BCUT2D eigenvalue weighted by Gasteiger charge is 2.30. The first-order valence-electron chi connectivity index (χ1n) is 8.17. The van der Waals surface area contributed by atoms with Gasteiger partial charge in [0.1, 0.15) is 11.9 Å². The molecular weight excluding hydrogens is 320 g/mol. The van der Waals surface area contributed by atoms with Gasteiger partial charge in [-0.1, -0.05) is 12.1 Å². The number of piperazine rings is 1. The van der Waals surface area contributed by atoms with E-state index < -0.39 is 6.03 Å². The van der Waals surface area contributed by atoms with E-state index >= 15 is 0 Å². The molecule has 1 aromatic carbocycles. The molecule has 0 aliphatic carbocycles. The van der Waals surface area contributed by atoms with E-state index in [1.165, 1.54) is 0 Å². The molecule has 3 amide bonds. The summed E-state index contributed by atoms with van der Waals surface area (Å²) in [5.41, 5.74) is 6.57. The zero-order valence-corrected chi connectivity index (χ0v) is 14.1. The minimum atomic E-state index is -0.570. The van der Waals surface area contributed by atoms with Gasteiger partial charge in [0.25, 0.3) is 5.91 Å². The number of rotatable bonds is 4. The molecule has 1 aliphatic heterocycles. The highest BCUT2D eigenvalue weighted by atomic mass is 16.2. The molecule has 0 saturated carbocycles. The van der Waals surface area contributed by atoms with Crippen LogP contribution >= 0.6 is 0 Å². The van der Waals surface area contributed by atoms with Crippen molar-refractivity contribution in [3.63, 3.8) is 0 Å². The number of urea groups is 1. The van der Waals surface area contributed by atoms with Gasteiger partial charge in [-0.3, -0.25) is 4.79 Å². The summed E-state index contributed by atoms with van der Waals surface area (Å²) >= 11 is 0. The molecule has 132 valence electrons. The number of primary amides is 1. The summed E-state index contributed by atoms with van der Waals surface area (Å²) in [6.07, 6.45) is 3.63. The van der Waals surface area contributed by atoms with Crippen LogP contribution in [0.1, 0.15) is 27.8 Å². The first-order chi connectivity index (χ1) is 12.1. The Labute approximate surface area is 146 Å². The van der Waals surface area contributed by atoms with Crippen LogP contribution in [0.3, 0.4) is 0 Å². The van der Waals surface area contributed by atoms with E-state index in [0.29, 0.717) is 25.2 Å². The van der Waals surface area contributed by atoms with Crippen molar-refractivity contribution in [2.75, 3.05) is 19.6 Å². The van der Waals surface area contributed by atoms with Gasteiger partial charge >= 0.3 is 6.03 Å². The number of carbonyl (C=O) groups is 2. The van der Waals surface area contributed by atoms with Crippen molar-refractivity contribution in [3.05, 3.63) is 53.6 Å². The van der Waals surface area contributed by atoms with Crippen molar-refractivity contribution in [3.8, 4) is 0 Å². The van der Waals surface area contributed by atoms with Crippen LogP contribution in [-0.2, 0) is 13.6 Å². The maximum Gasteiger partial charge on any atom is 0.312 e. The van der Waals surface area contributed by atoms with Gasteiger partial charge in [0.2, 0.25) is 0 Å². The molecule has 1 saturated heterocycles. The van der Waals surface area contributed by atoms with Crippen LogP contribution < -0.4 is 16.4 Å². The minimum Gasteiger partial charge on any atom is -0.352 e. The summed E-state index contributed by atoms with van der Waals surface area (Å²) in [4.78, 5) is 30.0. The molecule has 1 fully saturated rings. The van der Waals surface area contributed by atoms with Gasteiger partial charge in [0.05, 0.1) is 0 Å². The lowest BCUT2D eigenvalue weighted by molar-refractivity contribution is 0.0621. The number of carbonyl (C=O) groups excluding carboxylic acids is 2. The molecule has 2 heterocycles. The topological polar surface area (TPSA) is 105 Å². The van der Waals surface area contributed by atoms with Crippen LogP contribution in [0.25, 0.3) is 0 Å². The van der Waals surface area contributed by atoms with E-state index in [4.69, 9.17) is 5.73 Å². The number of amides is 3. The summed E-state index contributed by atoms with van der Waals surface area (Å²) in [5, 5.41) is 5.85. The molecule has 2 aromatic rings. The summed E-state index contributed by atoms with van der Waals surface area (Å²) in [7, 11) is 1.93. The van der Waals surface area contributed by atoms with Crippen molar-refractivity contribution in [1.29, 1.82) is 0 Å². The number of hydrogen-bond donors (Lipinski definition) is 3. The lowest BCUT2D eigenvalue weighted by atomic mass is 10.1. The fraction of sp³-hybridized carbons (Fsp3) is 0.353. The maximum atomic E-state index is 13.0. The molecule has 3 rings (SSSR count). The van der Waals surface area contributed by atoms with Crippen molar-refractivity contribution >= 4 is 11.9 Å². The summed E-state index contributed by atoms with van der Waals surface area (Å²) in [6, 6.07) is 6.52. The quantitative estimate of drug-likeness (QED) is 0.747. The second-order valence-electron chi connectivity index (χ2n) is 6.03. The largest absolute Gasteiger partial charge is 0.352 e. The lowest BCUT2D eigenvalue weighted by Crippen LogP contribution is -2.49. The van der Waals surface area contributed by atoms with Gasteiger partial charge in [-0.15, -0.1) is 0 Å². The highest BCUT2D eigenvalue weighted by molar-refractivity contribution is 5.94. The molecule has 0 spiro atoms. The van der Waals surface area contributed by atoms with E-state index in [9.17, 15) is 9.59 Å². The average Bonchev–Trinajstić information content (AvgIpc) is 3.05. The van der Waals surface area contributed by atoms with Crippen molar-refractivity contribution in [2.24, 2.45) is 12.8 Å². The molecule has 0 bridgehead atoms. The van der Waals surface area contributed by atoms with Crippen LogP contribution in [0.4, 0.5) is 4.79 Å². The number of aromatic nitrogens is 2. The number of benzene rings is 1. The van der Waals surface area contributed by atoms with Crippen molar-refractivity contribution in [1.82, 2.24) is 25.1 Å². The normalized spacial score (nSPS) is 17.3. The highest BCUT2D eigenvalue weighted by Crippen LogP contribution is 2.22. The van der Waals surface area contributed by atoms with Crippen molar-refractivity contribution < 1.29 is 9.59 Å². The lowest BCUT2D eigenvalue weighted by Gasteiger charge is -2.35. The Kier molecular flexibility index (Phi) is 4.99. The number of nitrogens with zero attached hydrogens (tertiary/aromatic N) is 3. The molecule has 1 atom stereocenters. The smallest absolute Gasteiger partial charge is 0.312 e. The Morgan fingerprint density at radius 2 is 2.12 bits per heavy atom. The number of hydrogen-bond acceptors (Lipinski definition) is 4. The zero-order valence-electron chi connectivity index (χ0n) is 14.1. The third-order valence-corrected chi connectivity index (χ3v) is 4.33. The maximum absolute atomic E-state index is 13.0. The van der Waals surface area contributed by atoms with Crippen LogP contribution in [0.15, 0.2) is 36.7 Å². The summed E-state index contributed by atoms with van der Waals surface area (Å²) in [5.74, 6) is 0.840. The second kappa shape index (κ2) is 7.35. The summed E-state index contributed by atoms with van der Waals surface area (Å²) < 4.78 is 1.94. The van der Waals surface area contributed by atoms with Gasteiger partial charge < -0.3 is 25.8 Å². The van der Waals surface area contributed by atoms with Crippen LogP contribution in [0.5, 0.6) is 0 Å². The first-order valence-corrected chi connectivity index (χ1v) is 8.17. The molecule has 8 nitrogen and oxygen atoms in total. The monoisotopic (exact) mass is 342 g/mol. The molecule has 8 heteroatoms. The standard InChI is InChI=1S/C17H22N6O2/c1-22-8-7-20-15(22)14-11-19-6-9-23(14)16(24)13-4-2-12(3-5-13)10-21-17(18)25/h2-5,7-8,14,19H,6,9-11H2,1H3,(H3,18,21,25). The molecule has 1 aromatic heterocycles. The Bertz CT molecular complexity index is 755. The van der Waals surface area contributed by atoms with Crippen LogP contribution in [-0.4, -0.2) is 46.0 Å². The van der Waals surface area contributed by atoms with Gasteiger partial charge in [-0.2, -0.15) is 0 Å². The van der Waals surface area contributed by atoms with Gasteiger partial charge in [0.15, 0.2) is 0 Å².